The predicted octanol–water partition coefficient (Wildman–Crippen LogP) is -2.13. The van der Waals surface area contributed by atoms with Crippen molar-refractivity contribution in [1.82, 2.24) is 0 Å². The molecule has 1 amide bonds. The maximum Gasteiger partial charge on any atom is 0.240 e. The number of carbonyl (C=O) groups is 1. The fourth-order valence-electron chi connectivity index (χ4n) is 2.91. The minimum absolute atomic E-state index is 0. The van der Waals surface area contributed by atoms with Crippen LogP contribution in [0.2, 0.25) is 0 Å². The molecule has 5 nitrogen and oxygen atoms in total. The lowest BCUT2D eigenvalue weighted by atomic mass is 10.1. The summed E-state index contributed by atoms with van der Waals surface area (Å²) in [5.41, 5.74) is 13.0. The van der Waals surface area contributed by atoms with Crippen LogP contribution in [0.25, 0.3) is 0 Å². The number of rotatable bonds is 3. The molecular formula is C16H19ClN4O. The summed E-state index contributed by atoms with van der Waals surface area (Å²) in [6.07, 6.45) is 4.76. The molecule has 1 unspecified atom stereocenters. The molecule has 0 aliphatic carbocycles. The lowest BCUT2D eigenvalue weighted by Crippen LogP contribution is -3.00. The highest BCUT2D eigenvalue weighted by molar-refractivity contribution is 5.84. The molecule has 1 saturated heterocycles. The number of nitrogen functional groups attached to an aromatic ring is 1. The largest absolute Gasteiger partial charge is 1.00 e. The molecule has 1 aliphatic rings. The Hall–Kier alpha value is -2.27. The van der Waals surface area contributed by atoms with Gasteiger partial charge in [-0.25, -0.2) is 4.57 Å². The minimum Gasteiger partial charge on any atom is -1.00 e. The van der Waals surface area contributed by atoms with Crippen LogP contribution in [-0.2, 0) is 4.79 Å². The number of halogens is 1. The van der Waals surface area contributed by atoms with Gasteiger partial charge in [0.05, 0.1) is 6.54 Å². The number of carbonyl (C=O) groups excluding carboxylic acids is 1. The number of benzene rings is 1. The average molecular weight is 319 g/mol. The lowest BCUT2D eigenvalue weighted by molar-refractivity contribution is -0.718. The summed E-state index contributed by atoms with van der Waals surface area (Å²) in [4.78, 5) is 13.8. The van der Waals surface area contributed by atoms with E-state index in [0.717, 1.165) is 12.2 Å². The molecule has 3 rings (SSSR count). The second-order valence-electron chi connectivity index (χ2n) is 5.37. The second kappa shape index (κ2) is 6.66. The van der Waals surface area contributed by atoms with E-state index < -0.39 is 0 Å². The second-order valence-corrected chi connectivity index (χ2v) is 5.37. The number of hydrogen-bond acceptors (Lipinski definition) is 3. The Bertz CT molecular complexity index is 632. The number of nitrogens with two attached hydrogens (primary N) is 2. The number of primary amides is 1. The van der Waals surface area contributed by atoms with Crippen molar-refractivity contribution in [3.8, 4) is 0 Å². The van der Waals surface area contributed by atoms with E-state index in [9.17, 15) is 4.79 Å². The van der Waals surface area contributed by atoms with Crippen molar-refractivity contribution in [1.29, 1.82) is 0 Å². The van der Waals surface area contributed by atoms with Gasteiger partial charge >= 0.3 is 0 Å². The minimum atomic E-state index is -0.286. The topological polar surface area (TPSA) is 76.2 Å². The summed E-state index contributed by atoms with van der Waals surface area (Å²) < 4.78 is 2.13. The molecule has 0 saturated carbocycles. The fourth-order valence-corrected chi connectivity index (χ4v) is 2.91. The number of hydrogen-bond donors (Lipinski definition) is 2. The van der Waals surface area contributed by atoms with Crippen LogP contribution in [0.1, 0.15) is 12.5 Å². The van der Waals surface area contributed by atoms with Gasteiger partial charge in [0.15, 0.2) is 18.4 Å². The quantitative estimate of drug-likeness (QED) is 0.501. The van der Waals surface area contributed by atoms with E-state index in [-0.39, 0.29) is 30.4 Å². The fraction of sp³-hybridized carbons (Fsp3) is 0.250. The first kappa shape index (κ1) is 16.1. The number of pyridine rings is 1. The van der Waals surface area contributed by atoms with E-state index in [2.05, 4.69) is 9.47 Å². The highest BCUT2D eigenvalue weighted by atomic mass is 35.5. The first-order chi connectivity index (χ1) is 10.1. The summed E-state index contributed by atoms with van der Waals surface area (Å²) in [5, 5.41) is 0. The molecule has 116 valence electrons. The van der Waals surface area contributed by atoms with Crippen LogP contribution < -0.4 is 33.3 Å². The van der Waals surface area contributed by atoms with Crippen LogP contribution in [0.5, 0.6) is 0 Å². The van der Waals surface area contributed by atoms with Gasteiger partial charge in [0, 0.05) is 29.9 Å². The molecule has 6 heteroatoms. The van der Waals surface area contributed by atoms with E-state index in [0.29, 0.717) is 12.1 Å². The van der Waals surface area contributed by atoms with Crippen LogP contribution in [0.4, 0.5) is 11.4 Å². The molecule has 1 fully saturated rings. The Labute approximate surface area is 135 Å². The van der Waals surface area contributed by atoms with Gasteiger partial charge in [-0.2, -0.15) is 0 Å². The highest BCUT2D eigenvalue weighted by Gasteiger charge is 2.40. The van der Waals surface area contributed by atoms with E-state index in [4.69, 9.17) is 11.5 Å². The molecule has 1 aliphatic heterocycles. The zero-order valence-corrected chi connectivity index (χ0v) is 12.9. The third kappa shape index (κ3) is 3.14. The van der Waals surface area contributed by atoms with E-state index >= 15 is 0 Å². The Morgan fingerprint density at radius 3 is 2.36 bits per heavy atom. The molecular weight excluding hydrogens is 300 g/mol. The first-order valence-corrected chi connectivity index (χ1v) is 7.02. The zero-order chi connectivity index (χ0) is 14.8. The standard InChI is InChI=1S/C16H18N4O.ClH/c17-12-4-6-13(7-5-12)20-11-14(10-15(20)16(18)21)19-8-2-1-3-9-19;/h1-9,14-15H,10-11,17H2,(H-,18,21);1H/t14?,15-;/m0./s1. The van der Waals surface area contributed by atoms with Crippen molar-refractivity contribution >= 4 is 17.3 Å². The SMILES string of the molecule is NC(=O)[C@@H]1CC([n+]2ccccc2)CN1c1ccc(N)cc1.[Cl-]. The molecule has 1 aromatic heterocycles. The summed E-state index contributed by atoms with van der Waals surface area (Å²) in [7, 11) is 0. The highest BCUT2D eigenvalue weighted by Crippen LogP contribution is 2.29. The monoisotopic (exact) mass is 318 g/mol. The Balaban J connectivity index is 0.00000176. The lowest BCUT2D eigenvalue weighted by Gasteiger charge is -2.23. The molecule has 0 bridgehead atoms. The van der Waals surface area contributed by atoms with Gasteiger partial charge in [0.1, 0.15) is 6.04 Å². The maximum absolute atomic E-state index is 11.8. The molecule has 22 heavy (non-hydrogen) atoms. The van der Waals surface area contributed by atoms with Gasteiger partial charge in [-0.1, -0.05) is 6.07 Å². The smallest absolute Gasteiger partial charge is 0.240 e. The molecule has 4 N–H and O–H groups in total. The van der Waals surface area contributed by atoms with E-state index in [1.807, 2.05) is 54.9 Å². The van der Waals surface area contributed by atoms with Crippen LogP contribution in [0.15, 0.2) is 54.9 Å². The third-order valence-corrected chi connectivity index (χ3v) is 3.99. The van der Waals surface area contributed by atoms with Gasteiger partial charge in [-0.3, -0.25) is 4.79 Å². The number of amides is 1. The Morgan fingerprint density at radius 2 is 1.77 bits per heavy atom. The Kier molecular flexibility index (Phi) is 4.88. The van der Waals surface area contributed by atoms with Crippen molar-refractivity contribution < 1.29 is 21.8 Å². The molecule has 2 atom stereocenters. The molecule has 1 aromatic carbocycles. The number of aromatic nitrogens is 1. The summed E-state index contributed by atoms with van der Waals surface area (Å²) in [5.74, 6) is -0.286. The van der Waals surface area contributed by atoms with Gasteiger partial charge in [0.25, 0.3) is 0 Å². The average Bonchev–Trinajstić information content (AvgIpc) is 2.94. The van der Waals surface area contributed by atoms with Gasteiger partial charge < -0.3 is 28.8 Å². The van der Waals surface area contributed by atoms with Crippen LogP contribution in [-0.4, -0.2) is 18.5 Å². The van der Waals surface area contributed by atoms with Gasteiger partial charge in [-0.15, -0.1) is 0 Å². The van der Waals surface area contributed by atoms with Crippen molar-refractivity contribution in [3.05, 3.63) is 54.9 Å². The zero-order valence-electron chi connectivity index (χ0n) is 12.1. The number of nitrogens with zero attached hydrogens (tertiary/aromatic N) is 2. The molecule has 0 spiro atoms. The molecule has 0 radical (unpaired) electrons. The third-order valence-electron chi connectivity index (χ3n) is 3.99. The van der Waals surface area contributed by atoms with Crippen molar-refractivity contribution in [2.75, 3.05) is 17.2 Å². The van der Waals surface area contributed by atoms with E-state index in [1.54, 1.807) is 0 Å². The van der Waals surface area contributed by atoms with Crippen LogP contribution in [0.3, 0.4) is 0 Å². The summed E-state index contributed by atoms with van der Waals surface area (Å²) >= 11 is 0. The maximum atomic E-state index is 11.8. The van der Waals surface area contributed by atoms with Crippen molar-refractivity contribution in [3.63, 3.8) is 0 Å². The summed E-state index contributed by atoms with van der Waals surface area (Å²) in [6.45, 7) is 0.756. The predicted molar refractivity (Wildman–Crippen MR) is 81.5 cm³/mol. The van der Waals surface area contributed by atoms with E-state index in [1.165, 1.54) is 0 Å². The van der Waals surface area contributed by atoms with Crippen LogP contribution >= 0.6 is 0 Å². The van der Waals surface area contributed by atoms with Crippen LogP contribution in [0, 0.1) is 0 Å². The van der Waals surface area contributed by atoms with Gasteiger partial charge in [0.2, 0.25) is 5.91 Å². The van der Waals surface area contributed by atoms with Crippen molar-refractivity contribution in [2.45, 2.75) is 18.5 Å². The number of anilines is 2. The first-order valence-electron chi connectivity index (χ1n) is 7.02. The summed E-state index contributed by atoms with van der Waals surface area (Å²) in [6, 6.07) is 13.5. The van der Waals surface area contributed by atoms with Crippen molar-refractivity contribution in [2.24, 2.45) is 5.73 Å². The Morgan fingerprint density at radius 1 is 1.14 bits per heavy atom. The molecule has 2 aromatic rings. The molecule has 2 heterocycles. The normalized spacial score (nSPS) is 20.5. The van der Waals surface area contributed by atoms with Gasteiger partial charge in [-0.05, 0) is 24.3 Å².